The molecule has 0 aliphatic carbocycles. The normalized spacial score (nSPS) is 13.5. The summed E-state index contributed by atoms with van der Waals surface area (Å²) in [4.78, 5) is 10.5. The fourth-order valence-corrected chi connectivity index (χ4v) is 1.52. The average molecular weight is 338 g/mol. The van der Waals surface area contributed by atoms with E-state index in [1.165, 1.54) is 0 Å². The number of alkyl halides is 6. The summed E-state index contributed by atoms with van der Waals surface area (Å²) < 4.78 is 75.3. The van der Waals surface area contributed by atoms with Crippen LogP contribution in [0.15, 0.2) is 18.2 Å². The summed E-state index contributed by atoms with van der Waals surface area (Å²) in [6.07, 6.45) is -10.7. The zero-order valence-electron chi connectivity index (χ0n) is 10.1. The number of hydrogen-bond donors (Lipinski definition) is 2. The van der Waals surface area contributed by atoms with Gasteiger partial charge in [0, 0.05) is 0 Å². The molecule has 0 aliphatic heterocycles. The lowest BCUT2D eigenvalue weighted by atomic mass is 9.97. The Bertz CT molecular complexity index is 514. The van der Waals surface area contributed by atoms with Gasteiger partial charge in [0.15, 0.2) is 0 Å². The predicted molar refractivity (Wildman–Crippen MR) is 63.0 cm³/mol. The SMILES string of the molecule is Cl.NC(Cc1ccc(C(F)(F)F)cc1C(F)(F)F)C(=O)O. The molecule has 0 saturated carbocycles. The first-order valence-corrected chi connectivity index (χ1v) is 5.18. The third kappa shape index (κ3) is 5.09. The van der Waals surface area contributed by atoms with Crippen molar-refractivity contribution < 1.29 is 36.2 Å². The molecule has 0 spiro atoms. The van der Waals surface area contributed by atoms with Crippen LogP contribution in [0, 0.1) is 0 Å². The zero-order valence-corrected chi connectivity index (χ0v) is 10.9. The molecule has 1 unspecified atom stereocenters. The van der Waals surface area contributed by atoms with Crippen LogP contribution in [0.2, 0.25) is 0 Å². The molecular weight excluding hydrogens is 328 g/mol. The molecule has 0 amide bonds. The van der Waals surface area contributed by atoms with E-state index in [2.05, 4.69) is 0 Å². The van der Waals surface area contributed by atoms with Crippen molar-refractivity contribution in [2.45, 2.75) is 24.8 Å². The highest BCUT2D eigenvalue weighted by Gasteiger charge is 2.38. The standard InChI is InChI=1S/C11H9F6NO2.ClH/c12-10(13,14)6-2-1-5(3-8(18)9(19)20)7(4-6)11(15,16)17;/h1-2,4,8H,3,18H2,(H,19,20);1H. The van der Waals surface area contributed by atoms with E-state index in [0.29, 0.717) is 12.1 Å². The van der Waals surface area contributed by atoms with E-state index in [4.69, 9.17) is 10.8 Å². The van der Waals surface area contributed by atoms with Crippen LogP contribution in [0.25, 0.3) is 0 Å². The van der Waals surface area contributed by atoms with Gasteiger partial charge in [-0.1, -0.05) is 6.07 Å². The van der Waals surface area contributed by atoms with Crippen LogP contribution in [0.5, 0.6) is 0 Å². The quantitative estimate of drug-likeness (QED) is 0.833. The van der Waals surface area contributed by atoms with Crippen molar-refractivity contribution in [2.75, 3.05) is 0 Å². The molecule has 3 N–H and O–H groups in total. The monoisotopic (exact) mass is 337 g/mol. The molecule has 1 aromatic rings. The first-order valence-electron chi connectivity index (χ1n) is 5.18. The number of aliphatic carboxylic acids is 1. The molecule has 0 aliphatic rings. The van der Waals surface area contributed by atoms with E-state index < -0.39 is 47.5 Å². The highest BCUT2D eigenvalue weighted by atomic mass is 35.5. The van der Waals surface area contributed by atoms with E-state index in [1.807, 2.05) is 0 Å². The number of halogens is 7. The second-order valence-electron chi connectivity index (χ2n) is 4.02. The van der Waals surface area contributed by atoms with Gasteiger partial charge in [0.2, 0.25) is 0 Å². The Labute approximate surface area is 121 Å². The van der Waals surface area contributed by atoms with Crippen LogP contribution < -0.4 is 5.73 Å². The molecule has 1 atom stereocenters. The Hall–Kier alpha value is -1.48. The molecule has 1 rings (SSSR count). The lowest BCUT2D eigenvalue weighted by Gasteiger charge is -2.17. The van der Waals surface area contributed by atoms with Gasteiger partial charge in [-0.2, -0.15) is 26.3 Å². The van der Waals surface area contributed by atoms with Gasteiger partial charge in [-0.15, -0.1) is 12.4 Å². The molecular formula is C11H10ClF6NO2. The van der Waals surface area contributed by atoms with E-state index in [1.54, 1.807) is 0 Å². The lowest BCUT2D eigenvalue weighted by molar-refractivity contribution is -0.144. The molecule has 1 aromatic carbocycles. The first kappa shape index (κ1) is 19.5. The molecule has 3 nitrogen and oxygen atoms in total. The third-order valence-electron chi connectivity index (χ3n) is 2.50. The lowest BCUT2D eigenvalue weighted by Crippen LogP contribution is -2.33. The van der Waals surface area contributed by atoms with Crippen molar-refractivity contribution in [3.63, 3.8) is 0 Å². The van der Waals surface area contributed by atoms with E-state index >= 15 is 0 Å². The van der Waals surface area contributed by atoms with Crippen molar-refractivity contribution in [1.82, 2.24) is 0 Å². The molecule has 0 heterocycles. The topological polar surface area (TPSA) is 63.3 Å². The molecule has 21 heavy (non-hydrogen) atoms. The molecule has 0 fully saturated rings. The van der Waals surface area contributed by atoms with Crippen molar-refractivity contribution in [3.05, 3.63) is 34.9 Å². The average Bonchev–Trinajstić information content (AvgIpc) is 2.26. The Balaban J connectivity index is 0.00000400. The second-order valence-corrected chi connectivity index (χ2v) is 4.02. The number of carboxylic acids is 1. The highest BCUT2D eigenvalue weighted by molar-refractivity contribution is 5.85. The third-order valence-corrected chi connectivity index (χ3v) is 2.50. The van der Waals surface area contributed by atoms with Crippen LogP contribution >= 0.6 is 12.4 Å². The highest BCUT2D eigenvalue weighted by Crippen LogP contribution is 2.37. The van der Waals surface area contributed by atoms with E-state index in [-0.39, 0.29) is 18.5 Å². The maximum absolute atomic E-state index is 12.7. The van der Waals surface area contributed by atoms with Gasteiger partial charge in [0.05, 0.1) is 11.1 Å². The van der Waals surface area contributed by atoms with Gasteiger partial charge < -0.3 is 10.8 Å². The Morgan fingerprint density at radius 2 is 1.67 bits per heavy atom. The van der Waals surface area contributed by atoms with Gasteiger partial charge in [0.1, 0.15) is 6.04 Å². The Morgan fingerprint density at radius 3 is 2.05 bits per heavy atom. The molecule has 10 heteroatoms. The Kier molecular flexibility index (Phi) is 6.06. The summed E-state index contributed by atoms with van der Waals surface area (Å²) in [7, 11) is 0. The van der Waals surface area contributed by atoms with Crippen molar-refractivity contribution >= 4 is 18.4 Å². The van der Waals surface area contributed by atoms with Crippen LogP contribution in [-0.4, -0.2) is 17.1 Å². The van der Waals surface area contributed by atoms with E-state index in [0.717, 1.165) is 0 Å². The fraction of sp³-hybridized carbons (Fsp3) is 0.364. The van der Waals surface area contributed by atoms with Gasteiger partial charge in [0.25, 0.3) is 0 Å². The fourth-order valence-electron chi connectivity index (χ4n) is 1.52. The van der Waals surface area contributed by atoms with Crippen molar-refractivity contribution in [1.29, 1.82) is 0 Å². The van der Waals surface area contributed by atoms with Gasteiger partial charge in [-0.25, -0.2) is 0 Å². The Morgan fingerprint density at radius 1 is 1.14 bits per heavy atom. The van der Waals surface area contributed by atoms with Gasteiger partial charge in [-0.05, 0) is 24.1 Å². The second kappa shape index (κ2) is 6.52. The van der Waals surface area contributed by atoms with Crippen LogP contribution in [0.4, 0.5) is 26.3 Å². The first-order chi connectivity index (χ1) is 8.93. The number of benzene rings is 1. The largest absolute Gasteiger partial charge is 0.480 e. The molecule has 0 saturated heterocycles. The van der Waals surface area contributed by atoms with Gasteiger partial charge in [-0.3, -0.25) is 4.79 Å². The number of nitrogens with two attached hydrogens (primary N) is 1. The van der Waals surface area contributed by atoms with E-state index in [9.17, 15) is 31.1 Å². The number of rotatable bonds is 3. The summed E-state index contributed by atoms with van der Waals surface area (Å²) >= 11 is 0. The number of hydrogen-bond acceptors (Lipinski definition) is 2. The summed E-state index contributed by atoms with van der Waals surface area (Å²) in [5.74, 6) is -1.54. The minimum absolute atomic E-state index is 0. The van der Waals surface area contributed by atoms with Crippen LogP contribution in [-0.2, 0) is 23.6 Å². The zero-order chi connectivity index (χ0) is 15.7. The summed E-state index contributed by atoms with van der Waals surface area (Å²) in [6, 6.07) is -0.634. The predicted octanol–water partition coefficient (Wildman–Crippen LogP) is 3.10. The molecule has 120 valence electrons. The molecule has 0 radical (unpaired) electrons. The number of carbonyl (C=O) groups is 1. The van der Waals surface area contributed by atoms with Crippen molar-refractivity contribution in [2.24, 2.45) is 5.73 Å². The minimum Gasteiger partial charge on any atom is -0.480 e. The smallest absolute Gasteiger partial charge is 0.416 e. The van der Waals surface area contributed by atoms with Crippen LogP contribution in [0.1, 0.15) is 16.7 Å². The summed E-state index contributed by atoms with van der Waals surface area (Å²) in [6.45, 7) is 0. The maximum atomic E-state index is 12.7. The molecule has 0 bridgehead atoms. The minimum atomic E-state index is -5.03. The van der Waals surface area contributed by atoms with Gasteiger partial charge >= 0.3 is 18.3 Å². The maximum Gasteiger partial charge on any atom is 0.416 e. The summed E-state index contributed by atoms with van der Waals surface area (Å²) in [5, 5.41) is 8.53. The summed E-state index contributed by atoms with van der Waals surface area (Å²) in [5.41, 5.74) is 1.50. The number of carboxylic acid groups (broad SMARTS) is 1. The van der Waals surface area contributed by atoms with Crippen molar-refractivity contribution in [3.8, 4) is 0 Å². The van der Waals surface area contributed by atoms with Crippen LogP contribution in [0.3, 0.4) is 0 Å². The molecule has 0 aromatic heterocycles.